The lowest BCUT2D eigenvalue weighted by Crippen LogP contribution is -1.75. The van der Waals surface area contributed by atoms with E-state index in [1.165, 1.54) is 0 Å². The summed E-state index contributed by atoms with van der Waals surface area (Å²) in [7, 11) is 0. The minimum atomic E-state index is 0.668. The minimum Gasteiger partial charge on any atom is -0.436 e. The van der Waals surface area contributed by atoms with Crippen molar-refractivity contribution in [2.45, 2.75) is 6.92 Å². The van der Waals surface area contributed by atoms with Crippen LogP contribution in [0.15, 0.2) is 51.4 Å². The Labute approximate surface area is 107 Å². The molecule has 0 unspecified atom stereocenters. The molecule has 0 amide bonds. The highest BCUT2D eigenvalue weighted by atomic mass is 79.9. The molecular formula is C14H10BrNO. The monoisotopic (exact) mass is 287 g/mol. The first-order valence-corrected chi connectivity index (χ1v) is 6.15. The van der Waals surface area contributed by atoms with Gasteiger partial charge >= 0.3 is 0 Å². The van der Waals surface area contributed by atoms with Crippen LogP contribution in [0, 0.1) is 6.92 Å². The number of nitrogens with zero attached hydrogens (tertiary/aromatic N) is 1. The van der Waals surface area contributed by atoms with Crippen LogP contribution >= 0.6 is 15.9 Å². The zero-order valence-electron chi connectivity index (χ0n) is 9.27. The number of aryl methyl sites for hydroxylation is 1. The van der Waals surface area contributed by atoms with Crippen LogP contribution in [0.2, 0.25) is 0 Å². The van der Waals surface area contributed by atoms with Crippen LogP contribution in [0.25, 0.3) is 22.6 Å². The van der Waals surface area contributed by atoms with E-state index in [2.05, 4.69) is 20.9 Å². The lowest BCUT2D eigenvalue weighted by atomic mass is 10.2. The zero-order chi connectivity index (χ0) is 11.8. The molecule has 0 fully saturated rings. The van der Waals surface area contributed by atoms with Crippen molar-refractivity contribution >= 4 is 27.0 Å². The standard InChI is InChI=1S/C14H10BrNO/c1-9-3-2-4-12-13(9)17-14(16-12)10-5-7-11(15)8-6-10/h2-8H,1H3. The molecular weight excluding hydrogens is 278 g/mol. The Balaban J connectivity index is 2.18. The van der Waals surface area contributed by atoms with Crippen LogP contribution < -0.4 is 0 Å². The molecule has 3 heteroatoms. The predicted octanol–water partition coefficient (Wildman–Crippen LogP) is 4.57. The second-order valence-electron chi connectivity index (χ2n) is 3.95. The van der Waals surface area contributed by atoms with E-state index >= 15 is 0 Å². The van der Waals surface area contributed by atoms with Crippen LogP contribution in [0.4, 0.5) is 0 Å². The van der Waals surface area contributed by atoms with E-state index in [0.29, 0.717) is 5.89 Å². The van der Waals surface area contributed by atoms with Gasteiger partial charge in [0, 0.05) is 10.0 Å². The van der Waals surface area contributed by atoms with Crippen molar-refractivity contribution in [2.75, 3.05) is 0 Å². The van der Waals surface area contributed by atoms with Crippen molar-refractivity contribution in [3.63, 3.8) is 0 Å². The van der Waals surface area contributed by atoms with Crippen LogP contribution in [-0.4, -0.2) is 4.98 Å². The molecule has 3 aromatic rings. The van der Waals surface area contributed by atoms with Crippen molar-refractivity contribution in [1.29, 1.82) is 0 Å². The first kappa shape index (κ1) is 10.5. The highest BCUT2D eigenvalue weighted by molar-refractivity contribution is 9.10. The number of aromatic nitrogens is 1. The molecule has 0 aliphatic carbocycles. The van der Waals surface area contributed by atoms with Gasteiger partial charge in [-0.15, -0.1) is 0 Å². The quantitative estimate of drug-likeness (QED) is 0.655. The third-order valence-electron chi connectivity index (χ3n) is 2.70. The molecule has 0 saturated heterocycles. The summed E-state index contributed by atoms with van der Waals surface area (Å²) in [4.78, 5) is 4.49. The number of para-hydroxylation sites is 1. The summed E-state index contributed by atoms with van der Waals surface area (Å²) in [6.07, 6.45) is 0. The Morgan fingerprint density at radius 3 is 2.53 bits per heavy atom. The molecule has 0 N–H and O–H groups in total. The van der Waals surface area contributed by atoms with Gasteiger partial charge in [-0.05, 0) is 42.8 Å². The summed E-state index contributed by atoms with van der Waals surface area (Å²) in [6.45, 7) is 2.03. The van der Waals surface area contributed by atoms with Crippen molar-refractivity contribution in [3.05, 3.63) is 52.5 Å². The number of hydrogen-bond donors (Lipinski definition) is 0. The molecule has 1 heterocycles. The van der Waals surface area contributed by atoms with Gasteiger partial charge in [-0.25, -0.2) is 4.98 Å². The predicted molar refractivity (Wildman–Crippen MR) is 71.9 cm³/mol. The number of hydrogen-bond acceptors (Lipinski definition) is 2. The molecule has 0 atom stereocenters. The van der Waals surface area contributed by atoms with E-state index in [0.717, 1.165) is 26.7 Å². The topological polar surface area (TPSA) is 26.0 Å². The average Bonchev–Trinajstić information content (AvgIpc) is 2.75. The van der Waals surface area contributed by atoms with Gasteiger partial charge in [0.1, 0.15) is 5.52 Å². The molecule has 0 bridgehead atoms. The normalized spacial score (nSPS) is 10.9. The molecule has 17 heavy (non-hydrogen) atoms. The van der Waals surface area contributed by atoms with E-state index < -0.39 is 0 Å². The van der Waals surface area contributed by atoms with Crippen molar-refractivity contribution in [2.24, 2.45) is 0 Å². The van der Waals surface area contributed by atoms with E-state index in [1.807, 2.05) is 49.4 Å². The molecule has 0 spiro atoms. The maximum atomic E-state index is 5.80. The van der Waals surface area contributed by atoms with Gasteiger partial charge in [-0.2, -0.15) is 0 Å². The Bertz CT molecular complexity index is 670. The van der Waals surface area contributed by atoms with E-state index in [4.69, 9.17) is 4.42 Å². The Morgan fingerprint density at radius 2 is 1.82 bits per heavy atom. The number of oxazole rings is 1. The molecule has 0 aliphatic heterocycles. The maximum Gasteiger partial charge on any atom is 0.227 e. The van der Waals surface area contributed by atoms with Crippen LogP contribution in [0.1, 0.15) is 5.56 Å². The van der Waals surface area contributed by atoms with Crippen molar-refractivity contribution < 1.29 is 4.42 Å². The summed E-state index contributed by atoms with van der Waals surface area (Å²) in [6, 6.07) is 13.9. The van der Waals surface area contributed by atoms with Gasteiger partial charge in [-0.1, -0.05) is 28.1 Å². The fraction of sp³-hybridized carbons (Fsp3) is 0.0714. The average molecular weight is 288 g/mol. The second-order valence-corrected chi connectivity index (χ2v) is 4.86. The second kappa shape index (κ2) is 4.00. The van der Waals surface area contributed by atoms with Crippen molar-refractivity contribution in [1.82, 2.24) is 4.98 Å². The Morgan fingerprint density at radius 1 is 1.06 bits per heavy atom. The summed E-state index contributed by atoms with van der Waals surface area (Å²) >= 11 is 3.41. The minimum absolute atomic E-state index is 0.668. The largest absolute Gasteiger partial charge is 0.436 e. The smallest absolute Gasteiger partial charge is 0.227 e. The summed E-state index contributed by atoms with van der Waals surface area (Å²) < 4.78 is 6.85. The lowest BCUT2D eigenvalue weighted by Gasteiger charge is -1.94. The van der Waals surface area contributed by atoms with Gasteiger partial charge < -0.3 is 4.42 Å². The number of rotatable bonds is 1. The molecule has 1 aromatic heterocycles. The SMILES string of the molecule is Cc1cccc2nc(-c3ccc(Br)cc3)oc12. The van der Waals surface area contributed by atoms with Gasteiger partial charge in [-0.3, -0.25) is 0 Å². The third kappa shape index (κ3) is 1.87. The van der Waals surface area contributed by atoms with Crippen LogP contribution in [0.3, 0.4) is 0 Å². The molecule has 3 rings (SSSR count). The highest BCUT2D eigenvalue weighted by Gasteiger charge is 2.09. The van der Waals surface area contributed by atoms with Crippen LogP contribution in [0.5, 0.6) is 0 Å². The number of fused-ring (bicyclic) bond motifs is 1. The number of halogens is 1. The third-order valence-corrected chi connectivity index (χ3v) is 3.23. The maximum absolute atomic E-state index is 5.80. The molecule has 84 valence electrons. The van der Waals surface area contributed by atoms with Gasteiger partial charge in [0.15, 0.2) is 5.58 Å². The first-order chi connectivity index (χ1) is 8.24. The zero-order valence-corrected chi connectivity index (χ0v) is 10.9. The van der Waals surface area contributed by atoms with Crippen molar-refractivity contribution in [3.8, 4) is 11.5 Å². The lowest BCUT2D eigenvalue weighted by molar-refractivity contribution is 0.617. The van der Waals surface area contributed by atoms with E-state index in [9.17, 15) is 0 Å². The number of benzene rings is 2. The van der Waals surface area contributed by atoms with E-state index in [1.54, 1.807) is 0 Å². The fourth-order valence-corrected chi connectivity index (χ4v) is 2.07. The van der Waals surface area contributed by atoms with E-state index in [-0.39, 0.29) is 0 Å². The van der Waals surface area contributed by atoms with Crippen LogP contribution in [-0.2, 0) is 0 Å². The summed E-state index contributed by atoms with van der Waals surface area (Å²) in [5.41, 5.74) is 3.87. The Kier molecular flexibility index (Phi) is 2.48. The summed E-state index contributed by atoms with van der Waals surface area (Å²) in [5, 5.41) is 0. The van der Waals surface area contributed by atoms with Gasteiger partial charge in [0.25, 0.3) is 0 Å². The molecule has 0 radical (unpaired) electrons. The molecule has 0 saturated carbocycles. The fourth-order valence-electron chi connectivity index (χ4n) is 1.80. The molecule has 2 nitrogen and oxygen atoms in total. The Hall–Kier alpha value is -1.61. The highest BCUT2D eigenvalue weighted by Crippen LogP contribution is 2.26. The first-order valence-electron chi connectivity index (χ1n) is 5.36. The molecule has 0 aliphatic rings. The van der Waals surface area contributed by atoms with Gasteiger partial charge in [0.2, 0.25) is 5.89 Å². The summed E-state index contributed by atoms with van der Waals surface area (Å²) in [5.74, 6) is 0.668. The molecule has 2 aromatic carbocycles. The van der Waals surface area contributed by atoms with Gasteiger partial charge in [0.05, 0.1) is 0 Å².